The molecule has 0 aliphatic rings. The fraction of sp³-hybridized carbons (Fsp3) is 0.0952. The molecule has 2 aromatic carbocycles. The van der Waals surface area contributed by atoms with E-state index >= 15 is 0 Å². The molecule has 4 aromatic rings. The van der Waals surface area contributed by atoms with Crippen LogP contribution in [0.4, 0.5) is 10.3 Å². The summed E-state index contributed by atoms with van der Waals surface area (Å²) in [4.78, 5) is 16.4. The number of nitrogens with zero attached hydrogens (tertiary/aromatic N) is 3. The van der Waals surface area contributed by atoms with Gasteiger partial charge in [-0.3, -0.25) is 10.1 Å². The minimum Gasteiger partial charge on any atom is -0.486 e. The summed E-state index contributed by atoms with van der Waals surface area (Å²) in [5.74, 6) is 0.175. The highest BCUT2D eigenvalue weighted by Crippen LogP contribution is 2.21. The summed E-state index contributed by atoms with van der Waals surface area (Å²) in [6.45, 7) is 0.198. The molecule has 1 amide bonds. The summed E-state index contributed by atoms with van der Waals surface area (Å²) in [7, 11) is 0. The third-order valence-electron chi connectivity index (χ3n) is 4.21. The predicted molar refractivity (Wildman–Crippen MR) is 113 cm³/mol. The monoisotopic (exact) mass is 460 g/mol. The first-order valence-corrected chi connectivity index (χ1v) is 9.84. The van der Waals surface area contributed by atoms with E-state index in [-0.39, 0.29) is 35.4 Å². The van der Waals surface area contributed by atoms with Gasteiger partial charge in [0.2, 0.25) is 5.95 Å². The van der Waals surface area contributed by atoms with Crippen LogP contribution in [-0.4, -0.2) is 20.7 Å². The Morgan fingerprint density at radius 2 is 2.00 bits per heavy atom. The number of anilines is 1. The van der Waals surface area contributed by atoms with Crippen molar-refractivity contribution in [1.29, 1.82) is 0 Å². The van der Waals surface area contributed by atoms with E-state index in [1.165, 1.54) is 29.2 Å². The molecule has 31 heavy (non-hydrogen) atoms. The van der Waals surface area contributed by atoms with Crippen molar-refractivity contribution in [2.45, 2.75) is 13.2 Å². The van der Waals surface area contributed by atoms with E-state index < -0.39 is 11.7 Å². The van der Waals surface area contributed by atoms with Crippen molar-refractivity contribution in [1.82, 2.24) is 14.8 Å². The zero-order valence-corrected chi connectivity index (χ0v) is 17.4. The van der Waals surface area contributed by atoms with Gasteiger partial charge in [-0.25, -0.2) is 14.1 Å². The molecule has 7 nitrogen and oxygen atoms in total. The SMILES string of the molecule is O=C(Nc1ncn(Cc2c(F)cccc2Cl)n1)c1ccc(COc2cccc(Cl)c2)o1. The molecule has 0 aliphatic carbocycles. The van der Waals surface area contributed by atoms with Crippen molar-refractivity contribution in [3.05, 3.63) is 93.9 Å². The first-order chi connectivity index (χ1) is 15.0. The molecule has 0 fully saturated rings. The van der Waals surface area contributed by atoms with Gasteiger partial charge in [0.05, 0.1) is 6.54 Å². The Kier molecular flexibility index (Phi) is 6.20. The third-order valence-corrected chi connectivity index (χ3v) is 4.80. The van der Waals surface area contributed by atoms with Crippen LogP contribution in [-0.2, 0) is 13.2 Å². The number of carbonyl (C=O) groups excluding carboxylic acids is 1. The molecule has 0 radical (unpaired) electrons. The lowest BCUT2D eigenvalue weighted by atomic mass is 10.2. The summed E-state index contributed by atoms with van der Waals surface area (Å²) in [5.41, 5.74) is 0.280. The van der Waals surface area contributed by atoms with Gasteiger partial charge in [-0.05, 0) is 42.5 Å². The van der Waals surface area contributed by atoms with Crippen LogP contribution >= 0.6 is 23.2 Å². The molecule has 0 unspecified atom stereocenters. The molecule has 2 heterocycles. The van der Waals surface area contributed by atoms with Crippen molar-refractivity contribution >= 4 is 35.1 Å². The quantitative estimate of drug-likeness (QED) is 0.409. The lowest BCUT2D eigenvalue weighted by Gasteiger charge is -2.05. The Hall–Kier alpha value is -3.36. The van der Waals surface area contributed by atoms with E-state index in [9.17, 15) is 9.18 Å². The normalized spacial score (nSPS) is 10.8. The number of rotatable bonds is 7. The Labute approximate surface area is 186 Å². The molecule has 10 heteroatoms. The van der Waals surface area contributed by atoms with Crippen LogP contribution in [0.5, 0.6) is 5.75 Å². The van der Waals surface area contributed by atoms with Crippen LogP contribution in [0.3, 0.4) is 0 Å². The van der Waals surface area contributed by atoms with Crippen molar-refractivity contribution < 1.29 is 18.3 Å². The minimum atomic E-state index is -0.532. The minimum absolute atomic E-state index is 0.0468. The van der Waals surface area contributed by atoms with Crippen molar-refractivity contribution in [2.24, 2.45) is 0 Å². The molecular weight excluding hydrogens is 446 g/mol. The average molecular weight is 461 g/mol. The average Bonchev–Trinajstić information content (AvgIpc) is 3.39. The van der Waals surface area contributed by atoms with E-state index in [4.69, 9.17) is 32.4 Å². The molecule has 0 saturated carbocycles. The van der Waals surface area contributed by atoms with Crippen LogP contribution in [0.1, 0.15) is 21.9 Å². The van der Waals surface area contributed by atoms with Gasteiger partial charge in [0, 0.05) is 15.6 Å². The number of hydrogen-bond donors (Lipinski definition) is 1. The number of furan rings is 1. The predicted octanol–water partition coefficient (Wildman–Crippen LogP) is 5.20. The van der Waals surface area contributed by atoms with Crippen LogP contribution < -0.4 is 10.1 Å². The number of benzene rings is 2. The first-order valence-electron chi connectivity index (χ1n) is 9.09. The highest BCUT2D eigenvalue weighted by atomic mass is 35.5. The Bertz CT molecular complexity index is 1200. The number of hydrogen-bond acceptors (Lipinski definition) is 5. The van der Waals surface area contributed by atoms with Crippen molar-refractivity contribution in [3.63, 3.8) is 0 Å². The van der Waals surface area contributed by atoms with Gasteiger partial charge in [-0.15, -0.1) is 5.10 Å². The maximum Gasteiger partial charge on any atom is 0.293 e. The van der Waals surface area contributed by atoms with E-state index in [2.05, 4.69) is 15.4 Å². The molecule has 0 spiro atoms. The van der Waals surface area contributed by atoms with Crippen LogP contribution in [0.15, 0.2) is 65.3 Å². The number of nitrogens with one attached hydrogen (secondary N) is 1. The zero-order chi connectivity index (χ0) is 21.8. The maximum atomic E-state index is 13.9. The lowest BCUT2D eigenvalue weighted by Crippen LogP contribution is -2.13. The van der Waals surface area contributed by atoms with Gasteiger partial charge in [-0.1, -0.05) is 35.3 Å². The van der Waals surface area contributed by atoms with Gasteiger partial charge in [-0.2, -0.15) is 0 Å². The van der Waals surface area contributed by atoms with E-state index in [0.717, 1.165) is 0 Å². The molecule has 158 valence electrons. The lowest BCUT2D eigenvalue weighted by molar-refractivity contribution is 0.0991. The van der Waals surface area contributed by atoms with Crippen molar-refractivity contribution in [3.8, 4) is 5.75 Å². The summed E-state index contributed by atoms with van der Waals surface area (Å²) < 4.78 is 26.4. The second-order valence-corrected chi connectivity index (χ2v) is 7.28. The van der Waals surface area contributed by atoms with Gasteiger partial charge >= 0.3 is 0 Å². The van der Waals surface area contributed by atoms with E-state index in [1.54, 1.807) is 36.4 Å². The Morgan fingerprint density at radius 3 is 2.81 bits per heavy atom. The summed E-state index contributed by atoms with van der Waals surface area (Å²) in [5, 5.41) is 7.48. The number of aromatic nitrogens is 3. The maximum absolute atomic E-state index is 13.9. The first kappa shape index (κ1) is 20.9. The molecule has 2 aromatic heterocycles. The van der Waals surface area contributed by atoms with Gasteiger partial charge in [0.25, 0.3) is 5.91 Å². The van der Waals surface area contributed by atoms with E-state index in [0.29, 0.717) is 16.5 Å². The Balaban J connectivity index is 1.36. The number of halogens is 3. The van der Waals surface area contributed by atoms with Gasteiger partial charge < -0.3 is 9.15 Å². The summed E-state index contributed by atoms with van der Waals surface area (Å²) in [6, 6.07) is 14.5. The topological polar surface area (TPSA) is 82.2 Å². The second kappa shape index (κ2) is 9.20. The van der Waals surface area contributed by atoms with E-state index in [1.807, 2.05) is 0 Å². The number of amides is 1. The van der Waals surface area contributed by atoms with Crippen LogP contribution in [0, 0.1) is 5.82 Å². The highest BCUT2D eigenvalue weighted by Gasteiger charge is 2.15. The molecule has 0 aliphatic heterocycles. The fourth-order valence-corrected chi connectivity index (χ4v) is 3.13. The molecule has 0 bridgehead atoms. The Morgan fingerprint density at radius 1 is 1.16 bits per heavy atom. The standard InChI is InChI=1S/C21H15Cl2FN4O3/c22-13-3-1-4-14(9-13)30-11-15-7-8-19(31-15)20(29)26-21-25-12-28(27-21)10-16-17(23)5-2-6-18(16)24/h1-9,12H,10-11H2,(H,26,27,29). The fourth-order valence-electron chi connectivity index (χ4n) is 2.73. The molecule has 1 N–H and O–H groups in total. The molecule has 4 rings (SSSR count). The zero-order valence-electron chi connectivity index (χ0n) is 15.9. The van der Waals surface area contributed by atoms with Crippen LogP contribution in [0.25, 0.3) is 0 Å². The largest absolute Gasteiger partial charge is 0.486 e. The molecular formula is C21H15Cl2FN4O3. The van der Waals surface area contributed by atoms with Gasteiger partial charge in [0.1, 0.15) is 30.3 Å². The molecule has 0 atom stereocenters. The van der Waals surface area contributed by atoms with Crippen molar-refractivity contribution in [2.75, 3.05) is 5.32 Å². The van der Waals surface area contributed by atoms with Gasteiger partial charge in [0.15, 0.2) is 5.76 Å². The third kappa shape index (κ3) is 5.22. The number of ether oxygens (including phenoxy) is 1. The van der Waals surface area contributed by atoms with Crippen LogP contribution in [0.2, 0.25) is 10.0 Å². The highest BCUT2D eigenvalue weighted by molar-refractivity contribution is 6.31. The number of carbonyl (C=O) groups is 1. The summed E-state index contributed by atoms with van der Waals surface area (Å²) >= 11 is 11.9. The molecule has 0 saturated heterocycles. The smallest absolute Gasteiger partial charge is 0.293 e. The second-order valence-electron chi connectivity index (χ2n) is 6.43. The summed E-state index contributed by atoms with van der Waals surface area (Å²) in [6.07, 6.45) is 1.37.